The van der Waals surface area contributed by atoms with E-state index in [1.165, 1.54) is 12.1 Å². The van der Waals surface area contributed by atoms with Crippen LogP contribution < -0.4 is 0 Å². The average molecular weight is 427 g/mol. The van der Waals surface area contributed by atoms with E-state index in [2.05, 4.69) is 18.7 Å². The molecule has 1 aromatic carbocycles. The second-order valence-electron chi connectivity index (χ2n) is 8.85. The van der Waals surface area contributed by atoms with Crippen LogP contribution in [0.4, 0.5) is 8.78 Å². The van der Waals surface area contributed by atoms with Crippen molar-refractivity contribution in [1.82, 2.24) is 9.47 Å². The van der Waals surface area contributed by atoms with Crippen molar-refractivity contribution in [1.29, 1.82) is 5.26 Å². The standard InChI is InChI=1S/C24H27F2N3O2/c1-13-7-20-9-19(8-14(2)31-20)28(13)12-22(30)23-15(3)29(16(4)24(23)26)18-6-5-17(11-27)21(25)10-18/h5-6,10,13-14,19-20H,7-9,12H2,1-4H3. The highest BCUT2D eigenvalue weighted by atomic mass is 19.1. The van der Waals surface area contributed by atoms with Gasteiger partial charge in [0.15, 0.2) is 11.6 Å². The Morgan fingerprint density at radius 2 is 1.94 bits per heavy atom. The van der Waals surface area contributed by atoms with Crippen LogP contribution in [-0.4, -0.2) is 46.1 Å². The molecule has 31 heavy (non-hydrogen) atoms. The Balaban J connectivity index is 1.64. The van der Waals surface area contributed by atoms with Gasteiger partial charge in [-0.2, -0.15) is 5.26 Å². The van der Waals surface area contributed by atoms with Crippen molar-refractivity contribution in [3.8, 4) is 11.8 Å². The molecular formula is C24H27F2N3O2. The third-order valence-corrected chi connectivity index (χ3v) is 6.71. The van der Waals surface area contributed by atoms with Gasteiger partial charge in [0.2, 0.25) is 0 Å². The van der Waals surface area contributed by atoms with Crippen molar-refractivity contribution in [2.45, 2.75) is 71.2 Å². The zero-order valence-electron chi connectivity index (χ0n) is 18.3. The topological polar surface area (TPSA) is 58.3 Å². The number of nitriles is 1. The molecule has 0 spiro atoms. The van der Waals surface area contributed by atoms with E-state index >= 15 is 4.39 Å². The summed E-state index contributed by atoms with van der Waals surface area (Å²) in [6.07, 6.45) is 3.00. The first-order valence-electron chi connectivity index (χ1n) is 10.7. The number of hydrogen-bond acceptors (Lipinski definition) is 4. The van der Waals surface area contributed by atoms with Crippen molar-refractivity contribution in [2.24, 2.45) is 0 Å². The van der Waals surface area contributed by atoms with Crippen LogP contribution in [0.25, 0.3) is 5.69 Å². The normalized spacial score (nSPS) is 26.0. The van der Waals surface area contributed by atoms with Crippen molar-refractivity contribution in [3.63, 3.8) is 0 Å². The first kappa shape index (κ1) is 21.7. The zero-order chi connectivity index (χ0) is 22.4. The summed E-state index contributed by atoms with van der Waals surface area (Å²) in [5, 5.41) is 8.95. The fourth-order valence-electron chi connectivity index (χ4n) is 5.30. The lowest BCUT2D eigenvalue weighted by molar-refractivity contribution is -0.118. The minimum absolute atomic E-state index is 0.0525. The summed E-state index contributed by atoms with van der Waals surface area (Å²) in [5.74, 6) is -1.52. The van der Waals surface area contributed by atoms with Crippen LogP contribution in [-0.2, 0) is 4.74 Å². The molecule has 0 saturated carbocycles. The molecule has 5 nitrogen and oxygen atoms in total. The number of fused-ring (bicyclic) bond motifs is 2. The van der Waals surface area contributed by atoms with Crippen molar-refractivity contribution in [3.05, 3.63) is 52.3 Å². The van der Waals surface area contributed by atoms with E-state index in [4.69, 9.17) is 10.00 Å². The number of hydrogen-bond donors (Lipinski definition) is 0. The van der Waals surface area contributed by atoms with Crippen molar-refractivity contribution >= 4 is 5.78 Å². The van der Waals surface area contributed by atoms with Gasteiger partial charge in [-0.1, -0.05) is 0 Å². The van der Waals surface area contributed by atoms with E-state index in [-0.39, 0.29) is 53.4 Å². The van der Waals surface area contributed by atoms with Crippen LogP contribution in [0.1, 0.15) is 60.4 Å². The van der Waals surface area contributed by atoms with Gasteiger partial charge in [0.25, 0.3) is 0 Å². The average Bonchev–Trinajstić information content (AvgIpc) is 2.93. The summed E-state index contributed by atoms with van der Waals surface area (Å²) >= 11 is 0. The molecule has 2 fully saturated rings. The van der Waals surface area contributed by atoms with Crippen LogP contribution in [0.2, 0.25) is 0 Å². The molecule has 4 unspecified atom stereocenters. The van der Waals surface area contributed by atoms with Crippen LogP contribution in [0.5, 0.6) is 0 Å². The van der Waals surface area contributed by atoms with Crippen LogP contribution in [0.3, 0.4) is 0 Å². The molecule has 4 atom stereocenters. The molecule has 7 heteroatoms. The van der Waals surface area contributed by atoms with Gasteiger partial charge in [-0.05, 0) is 65.2 Å². The minimum atomic E-state index is -0.675. The van der Waals surface area contributed by atoms with E-state index in [0.29, 0.717) is 11.4 Å². The highest BCUT2D eigenvalue weighted by molar-refractivity contribution is 5.99. The first-order chi connectivity index (χ1) is 14.7. The van der Waals surface area contributed by atoms with E-state index in [1.807, 2.05) is 0 Å². The van der Waals surface area contributed by atoms with E-state index in [9.17, 15) is 9.18 Å². The number of ketones is 1. The molecule has 0 aliphatic carbocycles. The molecule has 3 heterocycles. The number of ether oxygens (including phenoxy) is 1. The van der Waals surface area contributed by atoms with E-state index < -0.39 is 11.6 Å². The van der Waals surface area contributed by atoms with Gasteiger partial charge in [-0.15, -0.1) is 0 Å². The lowest BCUT2D eigenvalue weighted by Gasteiger charge is -2.48. The summed E-state index contributed by atoms with van der Waals surface area (Å²) in [6, 6.07) is 6.33. The second kappa shape index (κ2) is 8.18. The number of carbonyl (C=O) groups is 1. The fourth-order valence-corrected chi connectivity index (χ4v) is 5.30. The van der Waals surface area contributed by atoms with Crippen LogP contribution in [0, 0.1) is 36.8 Å². The number of piperidine rings is 1. The van der Waals surface area contributed by atoms with Crippen LogP contribution in [0.15, 0.2) is 18.2 Å². The van der Waals surface area contributed by atoms with Crippen molar-refractivity contribution in [2.75, 3.05) is 6.54 Å². The highest BCUT2D eigenvalue weighted by Gasteiger charge is 2.40. The molecule has 2 aliphatic rings. The first-order valence-corrected chi connectivity index (χ1v) is 10.7. The van der Waals surface area contributed by atoms with Gasteiger partial charge in [0.05, 0.1) is 35.6 Å². The van der Waals surface area contributed by atoms with Gasteiger partial charge in [-0.25, -0.2) is 8.78 Å². The number of likely N-dealkylation sites (tertiary alicyclic amines) is 1. The lowest BCUT2D eigenvalue weighted by Crippen LogP contribution is -2.56. The van der Waals surface area contributed by atoms with Gasteiger partial charge in [0, 0.05) is 23.5 Å². The maximum atomic E-state index is 15.2. The third-order valence-electron chi connectivity index (χ3n) is 6.71. The second-order valence-corrected chi connectivity index (χ2v) is 8.85. The van der Waals surface area contributed by atoms with Gasteiger partial charge < -0.3 is 9.30 Å². The van der Waals surface area contributed by atoms with Crippen molar-refractivity contribution < 1.29 is 18.3 Å². The minimum Gasteiger partial charge on any atom is -0.375 e. The maximum absolute atomic E-state index is 15.2. The summed E-state index contributed by atoms with van der Waals surface area (Å²) < 4.78 is 36.9. The Kier molecular flexibility index (Phi) is 5.71. The summed E-state index contributed by atoms with van der Waals surface area (Å²) in [7, 11) is 0. The molecule has 164 valence electrons. The SMILES string of the molecule is Cc1c(F)c(C(=O)CN2C(C)CC3CC2CC(C)O3)c(C)n1-c1ccc(C#N)c(F)c1. The summed E-state index contributed by atoms with van der Waals surface area (Å²) in [6.45, 7) is 7.54. The molecule has 0 N–H and O–H groups in total. The third kappa shape index (κ3) is 3.79. The highest BCUT2D eigenvalue weighted by Crippen LogP contribution is 2.34. The Labute approximate surface area is 181 Å². The largest absolute Gasteiger partial charge is 0.375 e. The molecule has 0 amide bonds. The molecule has 2 aliphatic heterocycles. The Hall–Kier alpha value is -2.56. The number of aromatic nitrogens is 1. The zero-order valence-corrected chi connectivity index (χ0v) is 18.3. The number of halogens is 2. The molecule has 2 aromatic rings. The number of rotatable bonds is 4. The molecule has 2 saturated heterocycles. The van der Waals surface area contributed by atoms with Gasteiger partial charge >= 0.3 is 0 Å². The number of Topliss-reactive ketones (excluding diaryl/α,β-unsaturated/α-hetero) is 1. The van der Waals surface area contributed by atoms with Crippen LogP contribution >= 0.6 is 0 Å². The van der Waals surface area contributed by atoms with E-state index in [0.717, 1.165) is 19.3 Å². The maximum Gasteiger partial charge on any atom is 0.181 e. The number of nitrogens with zero attached hydrogens (tertiary/aromatic N) is 3. The Morgan fingerprint density at radius 3 is 2.61 bits per heavy atom. The fraction of sp³-hybridized carbons (Fsp3) is 0.500. The Bertz CT molecular complexity index is 1070. The predicted molar refractivity (Wildman–Crippen MR) is 112 cm³/mol. The molecule has 4 rings (SSSR count). The smallest absolute Gasteiger partial charge is 0.181 e. The lowest BCUT2D eigenvalue weighted by atomic mass is 9.87. The monoisotopic (exact) mass is 427 g/mol. The molecular weight excluding hydrogens is 400 g/mol. The van der Waals surface area contributed by atoms with Gasteiger partial charge in [-0.3, -0.25) is 9.69 Å². The van der Waals surface area contributed by atoms with Gasteiger partial charge in [0.1, 0.15) is 11.9 Å². The molecule has 1 aromatic heterocycles. The summed E-state index contributed by atoms with van der Waals surface area (Å²) in [5.41, 5.74) is 1.04. The molecule has 0 radical (unpaired) electrons. The molecule has 2 bridgehead atoms. The number of carbonyl (C=O) groups excluding carboxylic acids is 1. The summed E-state index contributed by atoms with van der Waals surface area (Å²) in [4.78, 5) is 15.4. The number of benzene rings is 1. The van der Waals surface area contributed by atoms with E-state index in [1.54, 1.807) is 30.6 Å². The quantitative estimate of drug-likeness (QED) is 0.676. The Morgan fingerprint density at radius 1 is 1.19 bits per heavy atom. The predicted octanol–water partition coefficient (Wildman–Crippen LogP) is 4.46.